The van der Waals surface area contributed by atoms with Crippen molar-refractivity contribution in [2.75, 3.05) is 0 Å². The van der Waals surface area contributed by atoms with Crippen LogP contribution in [0.25, 0.3) is 0 Å². The van der Waals surface area contributed by atoms with E-state index in [1.165, 1.54) is 11.3 Å². The molecule has 1 amide bonds. The highest BCUT2D eigenvalue weighted by Crippen LogP contribution is 2.21. The Morgan fingerprint density at radius 2 is 2.46 bits per heavy atom. The van der Waals surface area contributed by atoms with Crippen LogP contribution in [0.2, 0.25) is 0 Å². The molecule has 70 valence electrons. The SMILES string of the molecule is Cc1ccsc1C(=O)NC1CC1N. The van der Waals surface area contributed by atoms with Gasteiger partial charge in [0.2, 0.25) is 0 Å². The zero-order valence-corrected chi connectivity index (χ0v) is 8.23. The zero-order valence-electron chi connectivity index (χ0n) is 7.41. The monoisotopic (exact) mass is 196 g/mol. The van der Waals surface area contributed by atoms with Gasteiger partial charge in [-0.25, -0.2) is 0 Å². The fourth-order valence-electron chi connectivity index (χ4n) is 1.22. The molecule has 1 saturated carbocycles. The first-order valence-corrected chi connectivity index (χ1v) is 5.17. The van der Waals surface area contributed by atoms with Crippen molar-refractivity contribution in [3.05, 3.63) is 21.9 Å². The summed E-state index contributed by atoms with van der Waals surface area (Å²) in [5, 5.41) is 4.82. The van der Waals surface area contributed by atoms with Crippen LogP contribution in [0.1, 0.15) is 21.7 Å². The molecule has 3 nitrogen and oxygen atoms in total. The van der Waals surface area contributed by atoms with E-state index in [2.05, 4.69) is 5.32 Å². The maximum absolute atomic E-state index is 11.6. The Hall–Kier alpha value is -0.870. The molecule has 4 heteroatoms. The van der Waals surface area contributed by atoms with Crippen molar-refractivity contribution >= 4 is 17.2 Å². The van der Waals surface area contributed by atoms with Gasteiger partial charge in [0, 0.05) is 12.1 Å². The van der Waals surface area contributed by atoms with Gasteiger partial charge in [0.15, 0.2) is 0 Å². The minimum atomic E-state index is 0.0189. The summed E-state index contributed by atoms with van der Waals surface area (Å²) in [6.07, 6.45) is 0.913. The highest BCUT2D eigenvalue weighted by atomic mass is 32.1. The molecule has 13 heavy (non-hydrogen) atoms. The summed E-state index contributed by atoms with van der Waals surface area (Å²) in [6.45, 7) is 1.94. The van der Waals surface area contributed by atoms with E-state index in [0.29, 0.717) is 0 Å². The molecule has 1 aliphatic carbocycles. The average Bonchev–Trinajstić information content (AvgIpc) is 2.62. The predicted molar refractivity (Wildman–Crippen MR) is 52.9 cm³/mol. The van der Waals surface area contributed by atoms with E-state index in [4.69, 9.17) is 5.73 Å². The summed E-state index contributed by atoms with van der Waals surface area (Å²) in [6, 6.07) is 2.32. The molecule has 0 saturated heterocycles. The normalized spacial score (nSPS) is 25.7. The van der Waals surface area contributed by atoms with Gasteiger partial charge in [-0.15, -0.1) is 11.3 Å². The maximum atomic E-state index is 11.6. The van der Waals surface area contributed by atoms with Crippen molar-refractivity contribution in [1.82, 2.24) is 5.32 Å². The number of carbonyl (C=O) groups is 1. The molecule has 0 radical (unpaired) electrons. The Kier molecular flexibility index (Phi) is 2.09. The van der Waals surface area contributed by atoms with Crippen molar-refractivity contribution in [1.29, 1.82) is 0 Å². The molecule has 0 bridgehead atoms. The molecule has 0 aromatic carbocycles. The highest BCUT2D eigenvalue weighted by Gasteiger charge is 2.35. The molecule has 0 spiro atoms. The Balaban J connectivity index is 2.01. The van der Waals surface area contributed by atoms with Crippen LogP contribution >= 0.6 is 11.3 Å². The standard InChI is InChI=1S/C9H12N2OS/c1-5-2-3-13-8(5)9(12)11-7-4-6(7)10/h2-3,6-7H,4,10H2,1H3,(H,11,12). The number of hydrogen-bond donors (Lipinski definition) is 2. The van der Waals surface area contributed by atoms with Crippen molar-refractivity contribution in [3.8, 4) is 0 Å². The third-order valence-corrected chi connectivity index (χ3v) is 3.24. The predicted octanol–water partition coefficient (Wildman–Crippen LogP) is 0.886. The Labute approximate surface area is 80.9 Å². The number of carbonyl (C=O) groups excluding carboxylic acids is 1. The number of nitrogens with one attached hydrogen (secondary N) is 1. The van der Waals surface area contributed by atoms with Gasteiger partial charge in [-0.2, -0.15) is 0 Å². The maximum Gasteiger partial charge on any atom is 0.261 e. The third-order valence-electron chi connectivity index (χ3n) is 2.22. The second-order valence-electron chi connectivity index (χ2n) is 3.41. The van der Waals surface area contributed by atoms with Crippen LogP contribution in [0.3, 0.4) is 0 Å². The minimum Gasteiger partial charge on any atom is -0.347 e. The Morgan fingerprint density at radius 3 is 2.92 bits per heavy atom. The van der Waals surface area contributed by atoms with Crippen molar-refractivity contribution in [3.63, 3.8) is 0 Å². The van der Waals surface area contributed by atoms with Gasteiger partial charge in [0.05, 0.1) is 4.88 Å². The molecule has 1 aromatic heterocycles. The molecule has 2 rings (SSSR count). The van der Waals surface area contributed by atoms with Gasteiger partial charge >= 0.3 is 0 Å². The lowest BCUT2D eigenvalue weighted by atomic mass is 10.3. The Bertz CT molecular complexity index is 334. The van der Waals surface area contributed by atoms with Crippen LogP contribution in [0.4, 0.5) is 0 Å². The summed E-state index contributed by atoms with van der Waals surface area (Å²) in [4.78, 5) is 12.4. The lowest BCUT2D eigenvalue weighted by Gasteiger charge is -2.01. The van der Waals surface area contributed by atoms with Gasteiger partial charge < -0.3 is 11.1 Å². The molecule has 1 aliphatic rings. The van der Waals surface area contributed by atoms with Crippen LogP contribution in [-0.2, 0) is 0 Å². The number of nitrogens with two attached hydrogens (primary N) is 1. The summed E-state index contributed by atoms with van der Waals surface area (Å²) in [7, 11) is 0. The van der Waals surface area contributed by atoms with Gasteiger partial charge in [-0.05, 0) is 30.4 Å². The lowest BCUT2D eigenvalue weighted by molar-refractivity contribution is 0.0954. The molecular weight excluding hydrogens is 184 g/mol. The van der Waals surface area contributed by atoms with E-state index in [1.807, 2.05) is 18.4 Å². The molecule has 1 aromatic rings. The summed E-state index contributed by atoms with van der Waals surface area (Å²) < 4.78 is 0. The van der Waals surface area contributed by atoms with Crippen molar-refractivity contribution in [2.24, 2.45) is 5.73 Å². The summed E-state index contributed by atoms with van der Waals surface area (Å²) in [5.41, 5.74) is 6.63. The first-order valence-electron chi connectivity index (χ1n) is 4.29. The molecule has 1 heterocycles. The largest absolute Gasteiger partial charge is 0.347 e. The van der Waals surface area contributed by atoms with Gasteiger partial charge in [-0.3, -0.25) is 4.79 Å². The second-order valence-corrected chi connectivity index (χ2v) is 4.33. The van der Waals surface area contributed by atoms with E-state index < -0.39 is 0 Å². The van der Waals surface area contributed by atoms with E-state index >= 15 is 0 Å². The van der Waals surface area contributed by atoms with E-state index in [0.717, 1.165) is 16.9 Å². The summed E-state index contributed by atoms with van der Waals surface area (Å²) in [5.74, 6) is 0.0189. The average molecular weight is 196 g/mol. The number of hydrogen-bond acceptors (Lipinski definition) is 3. The van der Waals surface area contributed by atoms with Crippen LogP contribution in [0.5, 0.6) is 0 Å². The quantitative estimate of drug-likeness (QED) is 0.738. The molecular formula is C9H12N2OS. The fourth-order valence-corrected chi connectivity index (χ4v) is 2.05. The number of amides is 1. The second kappa shape index (κ2) is 3.12. The van der Waals surface area contributed by atoms with Crippen LogP contribution in [0.15, 0.2) is 11.4 Å². The number of aryl methyl sites for hydroxylation is 1. The molecule has 2 atom stereocenters. The zero-order chi connectivity index (χ0) is 9.42. The van der Waals surface area contributed by atoms with E-state index in [1.54, 1.807) is 0 Å². The van der Waals surface area contributed by atoms with E-state index in [-0.39, 0.29) is 18.0 Å². The molecule has 0 aliphatic heterocycles. The topological polar surface area (TPSA) is 55.1 Å². The Morgan fingerprint density at radius 1 is 1.77 bits per heavy atom. The van der Waals surface area contributed by atoms with E-state index in [9.17, 15) is 4.79 Å². The molecule has 2 unspecified atom stereocenters. The van der Waals surface area contributed by atoms with Crippen LogP contribution in [-0.4, -0.2) is 18.0 Å². The molecule has 1 fully saturated rings. The highest BCUT2D eigenvalue weighted by molar-refractivity contribution is 7.12. The van der Waals surface area contributed by atoms with Crippen molar-refractivity contribution in [2.45, 2.75) is 25.4 Å². The molecule has 3 N–H and O–H groups in total. The number of rotatable bonds is 2. The van der Waals surface area contributed by atoms with Gasteiger partial charge in [0.25, 0.3) is 5.91 Å². The van der Waals surface area contributed by atoms with Crippen LogP contribution < -0.4 is 11.1 Å². The van der Waals surface area contributed by atoms with Gasteiger partial charge in [0.1, 0.15) is 0 Å². The van der Waals surface area contributed by atoms with Gasteiger partial charge in [-0.1, -0.05) is 0 Å². The fraction of sp³-hybridized carbons (Fsp3) is 0.444. The van der Waals surface area contributed by atoms with Crippen LogP contribution in [0, 0.1) is 6.92 Å². The first kappa shape index (κ1) is 8.72. The first-order chi connectivity index (χ1) is 6.18. The smallest absolute Gasteiger partial charge is 0.261 e. The minimum absolute atomic E-state index is 0.0189. The lowest BCUT2D eigenvalue weighted by Crippen LogP contribution is -2.29. The summed E-state index contributed by atoms with van der Waals surface area (Å²) >= 11 is 1.48. The third kappa shape index (κ3) is 1.73. The number of thiophene rings is 1. The van der Waals surface area contributed by atoms with Crippen molar-refractivity contribution < 1.29 is 4.79 Å².